The van der Waals surface area contributed by atoms with E-state index in [9.17, 15) is 0 Å². The number of rotatable bonds is 5. The maximum atomic E-state index is 6.11. The van der Waals surface area contributed by atoms with Gasteiger partial charge in [-0.25, -0.2) is 0 Å². The summed E-state index contributed by atoms with van der Waals surface area (Å²) in [5, 5.41) is 0. The maximum absolute atomic E-state index is 6.11. The fourth-order valence-corrected chi connectivity index (χ4v) is 2.10. The molecule has 0 rings (SSSR count). The van der Waals surface area contributed by atoms with Gasteiger partial charge in [-0.15, -0.1) is 0 Å². The van der Waals surface area contributed by atoms with Gasteiger partial charge in [-0.3, -0.25) is 0 Å². The van der Waals surface area contributed by atoms with Crippen molar-refractivity contribution in [2.75, 3.05) is 0 Å². The summed E-state index contributed by atoms with van der Waals surface area (Å²) in [6, 6.07) is 0. The molecular formula is C13H30N2. The molecule has 0 spiro atoms. The fourth-order valence-electron chi connectivity index (χ4n) is 2.10. The van der Waals surface area contributed by atoms with Gasteiger partial charge in [0, 0.05) is 5.41 Å². The molecule has 0 bridgehead atoms. The topological polar surface area (TPSA) is 52.0 Å². The first kappa shape index (κ1) is 14.9. The third-order valence-corrected chi connectivity index (χ3v) is 4.91. The highest BCUT2D eigenvalue weighted by atomic mass is 15.0. The highest BCUT2D eigenvalue weighted by molar-refractivity contribution is 5.00. The SMILES string of the molecule is CCCC(C)C(C)(C)C(C)(C)C(C)(N)N. The van der Waals surface area contributed by atoms with Crippen molar-refractivity contribution in [1.29, 1.82) is 0 Å². The van der Waals surface area contributed by atoms with Crippen molar-refractivity contribution in [1.82, 2.24) is 0 Å². The standard InChI is InChI=1S/C13H30N2/c1-8-9-10(2)11(3,4)12(5,6)13(7,14)15/h10H,8-9,14-15H2,1-7H3. The Kier molecular flexibility index (Phi) is 4.40. The zero-order valence-corrected chi connectivity index (χ0v) is 11.6. The summed E-state index contributed by atoms with van der Waals surface area (Å²) >= 11 is 0. The predicted molar refractivity (Wildman–Crippen MR) is 68.4 cm³/mol. The first-order valence-electron chi connectivity index (χ1n) is 6.06. The van der Waals surface area contributed by atoms with Crippen LogP contribution in [-0.4, -0.2) is 5.66 Å². The molecule has 0 radical (unpaired) electrons. The number of hydrogen-bond donors (Lipinski definition) is 2. The highest BCUT2D eigenvalue weighted by Crippen LogP contribution is 2.49. The summed E-state index contributed by atoms with van der Waals surface area (Å²) in [4.78, 5) is 0. The summed E-state index contributed by atoms with van der Waals surface area (Å²) in [6.45, 7) is 15.4. The molecule has 1 unspecified atom stereocenters. The van der Waals surface area contributed by atoms with Crippen LogP contribution in [0.5, 0.6) is 0 Å². The van der Waals surface area contributed by atoms with Gasteiger partial charge >= 0.3 is 0 Å². The van der Waals surface area contributed by atoms with Crippen LogP contribution in [0, 0.1) is 16.7 Å². The summed E-state index contributed by atoms with van der Waals surface area (Å²) in [5.74, 6) is 0.629. The van der Waals surface area contributed by atoms with Gasteiger partial charge in [-0.05, 0) is 18.3 Å². The van der Waals surface area contributed by atoms with E-state index in [-0.39, 0.29) is 10.8 Å². The zero-order chi connectivity index (χ0) is 12.5. The molecule has 0 saturated heterocycles. The van der Waals surface area contributed by atoms with Gasteiger partial charge in [-0.1, -0.05) is 54.4 Å². The van der Waals surface area contributed by atoms with Crippen molar-refractivity contribution >= 4 is 0 Å². The molecule has 2 nitrogen and oxygen atoms in total. The molecular weight excluding hydrogens is 184 g/mol. The van der Waals surface area contributed by atoms with Crippen LogP contribution in [0.3, 0.4) is 0 Å². The van der Waals surface area contributed by atoms with E-state index in [1.165, 1.54) is 12.8 Å². The average molecular weight is 214 g/mol. The van der Waals surface area contributed by atoms with Gasteiger partial charge in [0.1, 0.15) is 0 Å². The second-order valence-electron chi connectivity index (χ2n) is 6.32. The van der Waals surface area contributed by atoms with E-state index in [1.807, 2.05) is 6.92 Å². The average Bonchev–Trinajstić information content (AvgIpc) is 2.02. The van der Waals surface area contributed by atoms with E-state index >= 15 is 0 Å². The van der Waals surface area contributed by atoms with Crippen LogP contribution in [0.2, 0.25) is 0 Å². The lowest BCUT2D eigenvalue weighted by molar-refractivity contribution is -0.0168. The molecule has 0 aliphatic heterocycles. The Morgan fingerprint density at radius 1 is 1.00 bits per heavy atom. The van der Waals surface area contributed by atoms with Gasteiger partial charge in [0.05, 0.1) is 5.66 Å². The first-order valence-corrected chi connectivity index (χ1v) is 6.06. The normalized spacial score (nSPS) is 16.6. The van der Waals surface area contributed by atoms with Crippen molar-refractivity contribution in [3.63, 3.8) is 0 Å². The van der Waals surface area contributed by atoms with Crippen molar-refractivity contribution in [2.24, 2.45) is 28.2 Å². The lowest BCUT2D eigenvalue weighted by Gasteiger charge is -2.53. The van der Waals surface area contributed by atoms with Crippen molar-refractivity contribution in [3.8, 4) is 0 Å². The molecule has 0 amide bonds. The van der Waals surface area contributed by atoms with Crippen LogP contribution < -0.4 is 11.5 Å². The minimum Gasteiger partial charge on any atom is -0.313 e. The van der Waals surface area contributed by atoms with E-state index in [0.717, 1.165) is 0 Å². The Bertz CT molecular complexity index is 199. The minimum atomic E-state index is -0.640. The van der Waals surface area contributed by atoms with E-state index < -0.39 is 5.66 Å². The van der Waals surface area contributed by atoms with Crippen LogP contribution >= 0.6 is 0 Å². The predicted octanol–water partition coefficient (Wildman–Crippen LogP) is 3.11. The quantitative estimate of drug-likeness (QED) is 0.691. The van der Waals surface area contributed by atoms with Crippen LogP contribution in [0.4, 0.5) is 0 Å². The largest absolute Gasteiger partial charge is 0.313 e. The molecule has 2 heteroatoms. The summed E-state index contributed by atoms with van der Waals surface area (Å²) in [7, 11) is 0. The molecule has 0 aliphatic carbocycles. The Morgan fingerprint density at radius 2 is 1.40 bits per heavy atom. The number of nitrogens with two attached hydrogens (primary N) is 2. The molecule has 1 atom stereocenters. The molecule has 0 aromatic carbocycles. The molecule has 0 fully saturated rings. The Balaban J connectivity index is 5.00. The van der Waals surface area contributed by atoms with Crippen molar-refractivity contribution in [3.05, 3.63) is 0 Å². The van der Waals surface area contributed by atoms with Gasteiger partial charge < -0.3 is 11.5 Å². The molecule has 0 heterocycles. The third kappa shape index (κ3) is 2.73. The summed E-state index contributed by atoms with van der Waals surface area (Å²) in [6.07, 6.45) is 2.44. The summed E-state index contributed by atoms with van der Waals surface area (Å²) < 4.78 is 0. The van der Waals surface area contributed by atoms with Gasteiger partial charge in [0.2, 0.25) is 0 Å². The van der Waals surface area contributed by atoms with Gasteiger partial charge in [0.15, 0.2) is 0 Å². The molecule has 4 N–H and O–H groups in total. The molecule has 0 saturated carbocycles. The monoisotopic (exact) mass is 214 g/mol. The maximum Gasteiger partial charge on any atom is 0.0665 e. The third-order valence-electron chi connectivity index (χ3n) is 4.91. The fraction of sp³-hybridized carbons (Fsp3) is 1.00. The Labute approximate surface area is 95.8 Å². The molecule has 0 aliphatic rings. The van der Waals surface area contributed by atoms with Crippen LogP contribution in [0.25, 0.3) is 0 Å². The van der Waals surface area contributed by atoms with Gasteiger partial charge in [-0.2, -0.15) is 0 Å². The van der Waals surface area contributed by atoms with Crippen LogP contribution in [-0.2, 0) is 0 Å². The second-order valence-corrected chi connectivity index (χ2v) is 6.32. The molecule has 15 heavy (non-hydrogen) atoms. The van der Waals surface area contributed by atoms with E-state index in [1.54, 1.807) is 0 Å². The smallest absolute Gasteiger partial charge is 0.0665 e. The zero-order valence-electron chi connectivity index (χ0n) is 11.6. The van der Waals surface area contributed by atoms with E-state index in [0.29, 0.717) is 5.92 Å². The van der Waals surface area contributed by atoms with Crippen LogP contribution in [0.1, 0.15) is 61.3 Å². The van der Waals surface area contributed by atoms with Gasteiger partial charge in [0.25, 0.3) is 0 Å². The van der Waals surface area contributed by atoms with E-state index in [4.69, 9.17) is 11.5 Å². The second kappa shape index (κ2) is 4.42. The lowest BCUT2D eigenvalue weighted by atomic mass is 9.56. The molecule has 0 aromatic rings. The Hall–Kier alpha value is -0.0800. The summed E-state index contributed by atoms with van der Waals surface area (Å²) in [5.41, 5.74) is 11.6. The molecule has 92 valence electrons. The van der Waals surface area contributed by atoms with Crippen LogP contribution in [0.15, 0.2) is 0 Å². The van der Waals surface area contributed by atoms with E-state index in [2.05, 4.69) is 41.5 Å². The number of hydrogen-bond acceptors (Lipinski definition) is 2. The van der Waals surface area contributed by atoms with Crippen molar-refractivity contribution in [2.45, 2.75) is 67.0 Å². The first-order chi connectivity index (χ1) is 6.48. The highest BCUT2D eigenvalue weighted by Gasteiger charge is 2.48. The Morgan fingerprint density at radius 3 is 1.67 bits per heavy atom. The minimum absolute atomic E-state index is 0.0887. The lowest BCUT2D eigenvalue weighted by Crippen LogP contribution is -2.64. The molecule has 0 aromatic heterocycles. The van der Waals surface area contributed by atoms with Crippen molar-refractivity contribution < 1.29 is 0 Å².